The molecule has 2 heterocycles. The molecule has 3 nitrogen and oxygen atoms in total. The summed E-state index contributed by atoms with van der Waals surface area (Å²) in [6, 6.07) is 10.0. The summed E-state index contributed by atoms with van der Waals surface area (Å²) in [5, 5.41) is 0.784. The summed E-state index contributed by atoms with van der Waals surface area (Å²) in [6.45, 7) is 3.86. The predicted molar refractivity (Wildman–Crippen MR) is 89.7 cm³/mol. The zero-order chi connectivity index (χ0) is 14.7. The molecule has 21 heavy (non-hydrogen) atoms. The molecular weight excluding hydrogens is 305 g/mol. The second kappa shape index (κ2) is 6.54. The van der Waals surface area contributed by atoms with E-state index < -0.39 is 0 Å². The molecule has 0 amide bonds. The van der Waals surface area contributed by atoms with Crippen LogP contribution in [-0.4, -0.2) is 31.2 Å². The van der Waals surface area contributed by atoms with Gasteiger partial charge in [0.1, 0.15) is 0 Å². The summed E-state index contributed by atoms with van der Waals surface area (Å²) in [5.41, 5.74) is 3.48. The van der Waals surface area contributed by atoms with E-state index in [0.717, 1.165) is 42.5 Å². The van der Waals surface area contributed by atoms with Gasteiger partial charge in [0, 0.05) is 49.0 Å². The summed E-state index contributed by atoms with van der Waals surface area (Å²) in [5.74, 6) is 0.520. The molecule has 1 aliphatic rings. The highest BCUT2D eigenvalue weighted by atomic mass is 35.5. The average molecular weight is 322 g/mol. The molecule has 1 aliphatic heterocycles. The van der Waals surface area contributed by atoms with Crippen LogP contribution < -0.4 is 9.80 Å². The first kappa shape index (κ1) is 14.5. The lowest BCUT2D eigenvalue weighted by molar-refractivity contribution is 0.651. The van der Waals surface area contributed by atoms with Gasteiger partial charge in [-0.3, -0.25) is 4.98 Å². The van der Waals surface area contributed by atoms with Gasteiger partial charge < -0.3 is 9.80 Å². The van der Waals surface area contributed by atoms with Crippen LogP contribution in [-0.2, 0) is 5.88 Å². The maximum absolute atomic E-state index is 6.07. The Morgan fingerprint density at radius 1 is 1.05 bits per heavy atom. The number of pyridine rings is 1. The number of anilines is 2. The van der Waals surface area contributed by atoms with Crippen molar-refractivity contribution in [1.29, 1.82) is 0 Å². The van der Waals surface area contributed by atoms with Crippen molar-refractivity contribution in [2.24, 2.45) is 0 Å². The van der Waals surface area contributed by atoms with Crippen molar-refractivity contribution in [1.82, 2.24) is 4.98 Å². The Morgan fingerprint density at radius 3 is 2.52 bits per heavy atom. The number of halogens is 2. The van der Waals surface area contributed by atoms with Crippen molar-refractivity contribution in [3.8, 4) is 0 Å². The lowest BCUT2D eigenvalue weighted by Crippen LogP contribution is -2.46. The van der Waals surface area contributed by atoms with E-state index in [1.807, 2.05) is 30.5 Å². The highest BCUT2D eigenvalue weighted by Crippen LogP contribution is 2.25. The molecule has 0 atom stereocenters. The van der Waals surface area contributed by atoms with Gasteiger partial charge in [-0.2, -0.15) is 0 Å². The van der Waals surface area contributed by atoms with Crippen LogP contribution >= 0.6 is 23.2 Å². The standard InChI is InChI=1S/C16H17Cl2N3/c17-11-13-4-5-19-12-16(13)21-8-6-20(7-9-21)15-3-1-2-14(18)10-15/h1-5,10,12H,6-9,11H2. The number of piperazine rings is 1. The first-order valence-corrected chi connectivity index (χ1v) is 7.93. The number of rotatable bonds is 3. The van der Waals surface area contributed by atoms with E-state index in [4.69, 9.17) is 23.2 Å². The number of nitrogens with zero attached hydrogens (tertiary/aromatic N) is 3. The van der Waals surface area contributed by atoms with Crippen molar-refractivity contribution in [3.63, 3.8) is 0 Å². The third-order valence-corrected chi connectivity index (χ3v) is 4.35. The number of benzene rings is 1. The monoisotopic (exact) mass is 321 g/mol. The molecule has 0 bridgehead atoms. The minimum Gasteiger partial charge on any atom is -0.368 e. The van der Waals surface area contributed by atoms with Gasteiger partial charge in [0.05, 0.1) is 11.9 Å². The van der Waals surface area contributed by atoms with E-state index in [0.29, 0.717) is 5.88 Å². The molecule has 1 fully saturated rings. The number of alkyl halides is 1. The molecule has 0 saturated carbocycles. The highest BCUT2D eigenvalue weighted by Gasteiger charge is 2.19. The fourth-order valence-corrected chi connectivity index (χ4v) is 3.10. The van der Waals surface area contributed by atoms with Gasteiger partial charge in [-0.15, -0.1) is 11.6 Å². The normalized spacial score (nSPS) is 15.3. The Balaban J connectivity index is 1.70. The summed E-state index contributed by atoms with van der Waals surface area (Å²) in [7, 11) is 0. The van der Waals surface area contributed by atoms with E-state index in [2.05, 4.69) is 20.9 Å². The van der Waals surface area contributed by atoms with Gasteiger partial charge >= 0.3 is 0 Å². The Hall–Kier alpha value is -1.45. The first-order chi connectivity index (χ1) is 10.3. The van der Waals surface area contributed by atoms with Crippen LogP contribution in [0, 0.1) is 0 Å². The van der Waals surface area contributed by atoms with Gasteiger partial charge in [-0.25, -0.2) is 0 Å². The number of hydrogen-bond acceptors (Lipinski definition) is 3. The second-order valence-electron chi connectivity index (χ2n) is 5.09. The molecule has 3 rings (SSSR count). The molecule has 0 radical (unpaired) electrons. The van der Waals surface area contributed by atoms with Crippen LogP contribution in [0.1, 0.15) is 5.56 Å². The maximum atomic E-state index is 6.07. The van der Waals surface area contributed by atoms with Crippen LogP contribution in [0.25, 0.3) is 0 Å². The number of aromatic nitrogens is 1. The number of hydrogen-bond donors (Lipinski definition) is 0. The van der Waals surface area contributed by atoms with E-state index in [9.17, 15) is 0 Å². The van der Waals surface area contributed by atoms with Gasteiger partial charge in [0.2, 0.25) is 0 Å². The SMILES string of the molecule is ClCc1ccncc1N1CCN(c2cccc(Cl)c2)CC1. The highest BCUT2D eigenvalue weighted by molar-refractivity contribution is 6.30. The average Bonchev–Trinajstić information content (AvgIpc) is 2.55. The molecule has 1 saturated heterocycles. The summed E-state index contributed by atoms with van der Waals surface area (Å²) < 4.78 is 0. The van der Waals surface area contributed by atoms with Crippen LogP contribution in [0.2, 0.25) is 5.02 Å². The summed E-state index contributed by atoms with van der Waals surface area (Å²) >= 11 is 12.1. The van der Waals surface area contributed by atoms with E-state index in [-0.39, 0.29) is 0 Å². The third-order valence-electron chi connectivity index (χ3n) is 3.83. The molecule has 2 aromatic rings. The Bertz CT molecular complexity index is 610. The minimum atomic E-state index is 0.520. The fourth-order valence-electron chi connectivity index (χ4n) is 2.69. The lowest BCUT2D eigenvalue weighted by atomic mass is 10.2. The largest absolute Gasteiger partial charge is 0.368 e. The van der Waals surface area contributed by atoms with Gasteiger partial charge in [-0.1, -0.05) is 17.7 Å². The molecule has 0 spiro atoms. The van der Waals surface area contributed by atoms with Crippen LogP contribution in [0.5, 0.6) is 0 Å². The van der Waals surface area contributed by atoms with Crippen molar-refractivity contribution in [3.05, 3.63) is 53.3 Å². The molecule has 5 heteroatoms. The van der Waals surface area contributed by atoms with Gasteiger partial charge in [0.25, 0.3) is 0 Å². The third kappa shape index (κ3) is 3.25. The predicted octanol–water partition coefficient (Wildman–Crippen LogP) is 3.80. The maximum Gasteiger partial charge on any atom is 0.0598 e. The molecular formula is C16H17Cl2N3. The van der Waals surface area contributed by atoms with Gasteiger partial charge in [0.15, 0.2) is 0 Å². The lowest BCUT2D eigenvalue weighted by Gasteiger charge is -2.38. The minimum absolute atomic E-state index is 0.520. The Kier molecular flexibility index (Phi) is 4.51. The van der Waals surface area contributed by atoms with Crippen LogP contribution in [0.15, 0.2) is 42.7 Å². The van der Waals surface area contributed by atoms with Crippen molar-refractivity contribution >= 4 is 34.6 Å². The quantitative estimate of drug-likeness (QED) is 0.801. The molecule has 1 aromatic heterocycles. The fraction of sp³-hybridized carbons (Fsp3) is 0.312. The van der Waals surface area contributed by atoms with Crippen LogP contribution in [0.4, 0.5) is 11.4 Å². The molecule has 0 aliphatic carbocycles. The molecule has 0 N–H and O–H groups in total. The van der Waals surface area contributed by atoms with Crippen molar-refractivity contribution in [2.45, 2.75) is 5.88 Å². The van der Waals surface area contributed by atoms with Gasteiger partial charge in [-0.05, 0) is 29.8 Å². The second-order valence-corrected chi connectivity index (χ2v) is 5.80. The summed E-state index contributed by atoms with van der Waals surface area (Å²) in [4.78, 5) is 8.94. The van der Waals surface area contributed by atoms with Crippen LogP contribution in [0.3, 0.4) is 0 Å². The Morgan fingerprint density at radius 2 is 1.81 bits per heavy atom. The topological polar surface area (TPSA) is 19.4 Å². The van der Waals surface area contributed by atoms with E-state index >= 15 is 0 Å². The molecule has 1 aromatic carbocycles. The van der Waals surface area contributed by atoms with Crippen molar-refractivity contribution < 1.29 is 0 Å². The Labute approximate surface area is 135 Å². The van der Waals surface area contributed by atoms with E-state index in [1.165, 1.54) is 5.69 Å². The van der Waals surface area contributed by atoms with E-state index in [1.54, 1.807) is 6.20 Å². The summed E-state index contributed by atoms with van der Waals surface area (Å²) in [6.07, 6.45) is 3.70. The van der Waals surface area contributed by atoms with Crippen molar-refractivity contribution in [2.75, 3.05) is 36.0 Å². The first-order valence-electron chi connectivity index (χ1n) is 7.02. The molecule has 110 valence electrons. The molecule has 0 unspecified atom stereocenters. The zero-order valence-electron chi connectivity index (χ0n) is 11.7. The smallest absolute Gasteiger partial charge is 0.0598 e. The zero-order valence-corrected chi connectivity index (χ0v) is 13.2.